The minimum absolute atomic E-state index is 0.0426. The second kappa shape index (κ2) is 7.50. The minimum atomic E-state index is -3.78. The van der Waals surface area contributed by atoms with Crippen molar-refractivity contribution in [1.29, 1.82) is 0 Å². The van der Waals surface area contributed by atoms with Crippen LogP contribution in [0.2, 0.25) is 5.02 Å². The Kier molecular flexibility index (Phi) is 5.42. The molecule has 2 amide bonds. The van der Waals surface area contributed by atoms with Crippen molar-refractivity contribution in [2.24, 2.45) is 0 Å². The van der Waals surface area contributed by atoms with Gasteiger partial charge in [-0.3, -0.25) is 9.59 Å². The van der Waals surface area contributed by atoms with Crippen molar-refractivity contribution in [3.63, 3.8) is 0 Å². The zero-order chi connectivity index (χ0) is 20.6. The molecule has 7 nitrogen and oxygen atoms in total. The molecule has 1 aliphatic heterocycles. The number of carbonyl (C=O) groups is 2. The first kappa shape index (κ1) is 20.2. The predicted molar refractivity (Wildman–Crippen MR) is 103 cm³/mol. The van der Waals surface area contributed by atoms with Crippen molar-refractivity contribution < 1.29 is 22.4 Å². The second-order valence-electron chi connectivity index (χ2n) is 6.38. The molecule has 28 heavy (non-hydrogen) atoms. The third-order valence-electron chi connectivity index (χ3n) is 4.26. The van der Waals surface area contributed by atoms with Crippen LogP contribution in [0.5, 0.6) is 0 Å². The zero-order valence-corrected chi connectivity index (χ0v) is 16.6. The smallest absolute Gasteiger partial charge is 0.256 e. The molecular weight excluding hydrogens is 409 g/mol. The molecule has 0 aliphatic carbocycles. The predicted octanol–water partition coefficient (Wildman–Crippen LogP) is 2.47. The van der Waals surface area contributed by atoms with Gasteiger partial charge in [-0.15, -0.1) is 0 Å². The van der Waals surface area contributed by atoms with E-state index < -0.39 is 33.7 Å². The lowest BCUT2D eigenvalue weighted by Crippen LogP contribution is -2.34. The van der Waals surface area contributed by atoms with E-state index in [4.69, 9.17) is 11.6 Å². The number of anilines is 2. The molecule has 3 rings (SSSR count). The van der Waals surface area contributed by atoms with Crippen molar-refractivity contribution >= 4 is 44.8 Å². The van der Waals surface area contributed by atoms with Crippen molar-refractivity contribution in [2.75, 3.05) is 24.3 Å². The monoisotopic (exact) mass is 425 g/mol. The molecule has 1 aliphatic rings. The number of sulfonamides is 1. The van der Waals surface area contributed by atoms with Crippen LogP contribution in [-0.2, 0) is 19.6 Å². The number of hydrogen-bond acceptors (Lipinski definition) is 5. The highest BCUT2D eigenvalue weighted by Gasteiger charge is 2.39. The molecule has 1 saturated heterocycles. The number of halogens is 2. The Bertz CT molecular complexity index is 1040. The van der Waals surface area contributed by atoms with E-state index in [0.717, 1.165) is 21.3 Å². The summed E-state index contributed by atoms with van der Waals surface area (Å²) in [6, 6.07) is 8.37. The van der Waals surface area contributed by atoms with Crippen molar-refractivity contribution in [3.05, 3.63) is 53.3 Å². The number of hydrogen-bond donors (Lipinski definition) is 1. The summed E-state index contributed by atoms with van der Waals surface area (Å²) in [6.07, 6.45) is -0.116. The molecule has 148 valence electrons. The molecule has 0 saturated carbocycles. The highest BCUT2D eigenvalue weighted by molar-refractivity contribution is 7.89. The topological polar surface area (TPSA) is 86.8 Å². The average molecular weight is 426 g/mol. The van der Waals surface area contributed by atoms with Crippen LogP contribution in [-0.4, -0.2) is 44.7 Å². The molecule has 1 atom stereocenters. The van der Waals surface area contributed by atoms with Crippen molar-refractivity contribution in [1.82, 2.24) is 4.31 Å². The van der Waals surface area contributed by atoms with Gasteiger partial charge in [-0.2, -0.15) is 0 Å². The molecule has 0 bridgehead atoms. The summed E-state index contributed by atoms with van der Waals surface area (Å²) in [6.45, 7) is 0. The van der Waals surface area contributed by atoms with Gasteiger partial charge in [0.05, 0.1) is 17.1 Å². The van der Waals surface area contributed by atoms with Crippen LogP contribution in [0.3, 0.4) is 0 Å². The van der Waals surface area contributed by atoms with Crippen LogP contribution in [0.1, 0.15) is 6.42 Å². The van der Waals surface area contributed by atoms with E-state index >= 15 is 0 Å². The number of rotatable bonds is 5. The Labute approximate surface area is 166 Å². The van der Waals surface area contributed by atoms with E-state index in [-0.39, 0.29) is 22.0 Å². The Hall–Kier alpha value is -2.49. The number of nitrogens with one attached hydrogen (secondary N) is 1. The number of carbonyl (C=O) groups excluding carboxylic acids is 2. The van der Waals surface area contributed by atoms with Crippen LogP contribution in [0.25, 0.3) is 0 Å². The molecule has 2 aromatic carbocycles. The van der Waals surface area contributed by atoms with Gasteiger partial charge in [-0.1, -0.05) is 11.6 Å². The lowest BCUT2D eigenvalue weighted by atomic mass is 10.2. The Morgan fingerprint density at radius 1 is 1.14 bits per heavy atom. The van der Waals surface area contributed by atoms with Gasteiger partial charge in [0.25, 0.3) is 5.91 Å². The number of imide groups is 1. The number of benzene rings is 2. The van der Waals surface area contributed by atoms with E-state index in [0.29, 0.717) is 5.69 Å². The fourth-order valence-corrected chi connectivity index (χ4v) is 4.19. The maximum absolute atomic E-state index is 13.1. The molecule has 0 unspecified atom stereocenters. The summed E-state index contributed by atoms with van der Waals surface area (Å²) in [5.41, 5.74) is 0.601. The van der Waals surface area contributed by atoms with Crippen molar-refractivity contribution in [2.45, 2.75) is 17.4 Å². The first-order valence-electron chi connectivity index (χ1n) is 8.22. The molecular formula is C18H17ClFN3O4S. The fourth-order valence-electron chi connectivity index (χ4n) is 2.79. The molecule has 1 heterocycles. The average Bonchev–Trinajstić information content (AvgIpc) is 2.91. The van der Waals surface area contributed by atoms with Crippen LogP contribution in [0.4, 0.5) is 15.8 Å². The first-order valence-corrected chi connectivity index (χ1v) is 10.0. The summed E-state index contributed by atoms with van der Waals surface area (Å²) >= 11 is 6.02. The number of nitrogens with zero attached hydrogens (tertiary/aromatic N) is 2. The highest BCUT2D eigenvalue weighted by Crippen LogP contribution is 2.29. The zero-order valence-electron chi connectivity index (χ0n) is 15.0. The van der Waals surface area contributed by atoms with Crippen LogP contribution in [0.15, 0.2) is 47.4 Å². The van der Waals surface area contributed by atoms with E-state index in [1.54, 1.807) is 0 Å². The molecule has 1 N–H and O–H groups in total. The third-order valence-corrected chi connectivity index (χ3v) is 6.56. The van der Waals surface area contributed by atoms with Gasteiger partial charge < -0.3 is 5.32 Å². The van der Waals surface area contributed by atoms with Crippen LogP contribution >= 0.6 is 11.6 Å². The Balaban J connectivity index is 1.86. The van der Waals surface area contributed by atoms with Gasteiger partial charge in [0.1, 0.15) is 16.8 Å². The minimum Gasteiger partial charge on any atom is -0.373 e. The fraction of sp³-hybridized carbons (Fsp3) is 0.222. The largest absolute Gasteiger partial charge is 0.373 e. The summed E-state index contributed by atoms with van der Waals surface area (Å²) in [5.74, 6) is -1.43. The Morgan fingerprint density at radius 3 is 2.39 bits per heavy atom. The maximum atomic E-state index is 13.1. The van der Waals surface area contributed by atoms with Crippen molar-refractivity contribution in [3.8, 4) is 0 Å². The molecule has 0 radical (unpaired) electrons. The molecule has 0 aromatic heterocycles. The van der Waals surface area contributed by atoms with Gasteiger partial charge in [0, 0.05) is 19.8 Å². The lowest BCUT2D eigenvalue weighted by Gasteiger charge is -2.17. The van der Waals surface area contributed by atoms with E-state index in [1.807, 2.05) is 0 Å². The van der Waals surface area contributed by atoms with Gasteiger partial charge in [-0.05, 0) is 42.5 Å². The normalized spacial score (nSPS) is 17.5. The molecule has 0 spiro atoms. The lowest BCUT2D eigenvalue weighted by molar-refractivity contribution is -0.121. The van der Waals surface area contributed by atoms with Gasteiger partial charge in [0.15, 0.2) is 0 Å². The summed E-state index contributed by atoms with van der Waals surface area (Å²) < 4.78 is 38.9. The third kappa shape index (κ3) is 3.73. The Morgan fingerprint density at radius 2 is 1.79 bits per heavy atom. The molecule has 2 aromatic rings. The molecule has 10 heteroatoms. The van der Waals surface area contributed by atoms with Crippen LogP contribution in [0, 0.1) is 5.82 Å². The second-order valence-corrected chi connectivity index (χ2v) is 8.90. The van der Waals surface area contributed by atoms with Gasteiger partial charge in [0.2, 0.25) is 15.9 Å². The van der Waals surface area contributed by atoms with E-state index in [2.05, 4.69) is 5.32 Å². The summed E-state index contributed by atoms with van der Waals surface area (Å²) in [4.78, 5) is 25.8. The van der Waals surface area contributed by atoms with Crippen LogP contribution < -0.4 is 10.2 Å². The van der Waals surface area contributed by atoms with E-state index in [9.17, 15) is 22.4 Å². The first-order chi connectivity index (χ1) is 13.1. The SMILES string of the molecule is CN(C)S(=O)(=O)c1cc(N[C@H]2CC(=O)N(c3ccc(F)cc3)C2=O)ccc1Cl. The standard InChI is InChI=1S/C18H17ClFN3O4S/c1-22(2)28(26,27)16-9-12(5-8-14(16)19)21-15-10-17(24)23(18(15)25)13-6-3-11(20)4-7-13/h3-9,15,21H,10H2,1-2H3/t15-/m0/s1. The number of amides is 2. The van der Waals surface area contributed by atoms with Gasteiger partial charge in [-0.25, -0.2) is 22.0 Å². The quantitative estimate of drug-likeness (QED) is 0.744. The highest BCUT2D eigenvalue weighted by atomic mass is 35.5. The van der Waals surface area contributed by atoms with E-state index in [1.165, 1.54) is 44.4 Å². The maximum Gasteiger partial charge on any atom is 0.256 e. The van der Waals surface area contributed by atoms with Gasteiger partial charge >= 0.3 is 0 Å². The summed E-state index contributed by atoms with van der Waals surface area (Å²) in [5, 5.41) is 2.93. The summed E-state index contributed by atoms with van der Waals surface area (Å²) in [7, 11) is -1.02. The molecule has 1 fully saturated rings.